The molecule has 176 valence electrons. The number of aliphatic imine (C=N–C) groups is 1. The number of piperazine rings is 1. The maximum absolute atomic E-state index is 5.52. The van der Waals surface area contributed by atoms with Gasteiger partial charge >= 0.3 is 0 Å². The molecule has 1 aromatic carbocycles. The van der Waals surface area contributed by atoms with E-state index in [1.165, 1.54) is 57.8 Å². The fourth-order valence-electron chi connectivity index (χ4n) is 4.37. The number of hydrogen-bond donors (Lipinski definition) is 2. The van der Waals surface area contributed by atoms with Gasteiger partial charge in [0.1, 0.15) is 5.75 Å². The van der Waals surface area contributed by atoms with Gasteiger partial charge in [-0.2, -0.15) is 0 Å². The molecule has 2 fully saturated rings. The van der Waals surface area contributed by atoms with Crippen LogP contribution in [0.15, 0.2) is 29.3 Å². The summed E-state index contributed by atoms with van der Waals surface area (Å²) in [6.07, 6.45) is 3.51. The Kier molecular flexibility index (Phi) is 11.7. The molecule has 0 bridgehead atoms. The number of rotatable bonds is 9. The molecule has 2 aliphatic rings. The number of nitrogens with zero attached hydrogens (tertiary/aromatic N) is 4. The second kappa shape index (κ2) is 14.0. The molecule has 0 spiro atoms. The van der Waals surface area contributed by atoms with Gasteiger partial charge in [0.15, 0.2) is 5.96 Å². The summed E-state index contributed by atoms with van der Waals surface area (Å²) in [5.41, 5.74) is 1.17. The second-order valence-electron chi connectivity index (χ2n) is 8.23. The number of halogens is 1. The molecular weight excluding hydrogens is 503 g/mol. The number of para-hydroxylation sites is 2. The van der Waals surface area contributed by atoms with Gasteiger partial charge in [-0.3, -0.25) is 4.99 Å². The van der Waals surface area contributed by atoms with Gasteiger partial charge in [0, 0.05) is 58.9 Å². The molecule has 0 radical (unpaired) electrons. The largest absolute Gasteiger partial charge is 0.495 e. The van der Waals surface area contributed by atoms with E-state index >= 15 is 0 Å². The summed E-state index contributed by atoms with van der Waals surface area (Å²) in [6.45, 7) is 12.5. The summed E-state index contributed by atoms with van der Waals surface area (Å²) in [6, 6.07) is 8.65. The molecule has 1 unspecified atom stereocenters. The summed E-state index contributed by atoms with van der Waals surface area (Å²) < 4.78 is 5.52. The summed E-state index contributed by atoms with van der Waals surface area (Å²) in [5.74, 6) is 1.86. The Hall–Kier alpha value is -1.26. The van der Waals surface area contributed by atoms with E-state index in [9.17, 15) is 0 Å². The highest BCUT2D eigenvalue weighted by molar-refractivity contribution is 14.0. The third kappa shape index (κ3) is 7.98. The Morgan fingerprint density at radius 2 is 1.84 bits per heavy atom. The van der Waals surface area contributed by atoms with E-state index in [0.29, 0.717) is 6.04 Å². The van der Waals surface area contributed by atoms with Crippen LogP contribution in [-0.4, -0.2) is 94.9 Å². The lowest BCUT2D eigenvalue weighted by molar-refractivity contribution is 0.136. The van der Waals surface area contributed by atoms with E-state index in [2.05, 4.69) is 49.4 Å². The molecule has 2 heterocycles. The van der Waals surface area contributed by atoms with Crippen molar-refractivity contribution in [3.05, 3.63) is 24.3 Å². The van der Waals surface area contributed by atoms with Crippen LogP contribution in [0.4, 0.5) is 5.69 Å². The molecule has 2 aliphatic heterocycles. The van der Waals surface area contributed by atoms with Gasteiger partial charge < -0.3 is 30.1 Å². The molecule has 0 amide bonds. The zero-order valence-electron chi connectivity index (χ0n) is 19.5. The lowest BCUT2D eigenvalue weighted by atomic mass is 10.2. The molecule has 31 heavy (non-hydrogen) atoms. The van der Waals surface area contributed by atoms with Crippen molar-refractivity contribution in [1.82, 2.24) is 20.4 Å². The first-order chi connectivity index (χ1) is 14.7. The molecule has 2 saturated heterocycles. The van der Waals surface area contributed by atoms with Gasteiger partial charge in [0.2, 0.25) is 0 Å². The number of likely N-dealkylation sites (N-methyl/N-ethyl adjacent to an activating group) is 1. The number of benzene rings is 1. The van der Waals surface area contributed by atoms with Crippen LogP contribution in [0, 0.1) is 0 Å². The lowest BCUT2D eigenvalue weighted by Crippen LogP contribution is -2.46. The highest BCUT2D eigenvalue weighted by atomic mass is 127. The van der Waals surface area contributed by atoms with Gasteiger partial charge in [-0.25, -0.2) is 0 Å². The summed E-state index contributed by atoms with van der Waals surface area (Å²) in [5, 5.41) is 7.09. The van der Waals surface area contributed by atoms with Gasteiger partial charge in [0.05, 0.1) is 12.8 Å². The van der Waals surface area contributed by atoms with Crippen LogP contribution in [0.1, 0.15) is 26.2 Å². The fraction of sp³-hybridized carbons (Fsp3) is 0.696. The molecule has 0 saturated carbocycles. The number of nitrogens with one attached hydrogen (secondary N) is 2. The zero-order valence-corrected chi connectivity index (χ0v) is 21.8. The number of hydrogen-bond acceptors (Lipinski definition) is 5. The molecule has 1 aromatic rings. The first-order valence-corrected chi connectivity index (χ1v) is 11.5. The van der Waals surface area contributed by atoms with Crippen molar-refractivity contribution in [2.45, 2.75) is 32.2 Å². The van der Waals surface area contributed by atoms with Gasteiger partial charge in [-0.1, -0.05) is 19.1 Å². The monoisotopic (exact) mass is 544 g/mol. The maximum Gasteiger partial charge on any atom is 0.191 e. The fourth-order valence-corrected chi connectivity index (χ4v) is 4.37. The number of methoxy groups -OCH3 is 1. The standard InChI is InChI=1S/C23H40N6O.HI/c1-4-27-15-17-28(18-16-27)13-8-7-12-25-23(24-2)26-20-11-14-29(19-20)21-9-5-6-10-22(21)30-3;/h5-6,9-10,20H,4,7-8,11-19H2,1-3H3,(H2,24,25,26);1H. The lowest BCUT2D eigenvalue weighted by Gasteiger charge is -2.34. The minimum atomic E-state index is 0. The topological polar surface area (TPSA) is 55.4 Å². The van der Waals surface area contributed by atoms with Crippen LogP contribution >= 0.6 is 24.0 Å². The van der Waals surface area contributed by atoms with Gasteiger partial charge in [-0.15, -0.1) is 24.0 Å². The van der Waals surface area contributed by atoms with Crippen molar-refractivity contribution in [1.29, 1.82) is 0 Å². The van der Waals surface area contributed by atoms with Crippen LogP contribution in [0.3, 0.4) is 0 Å². The van der Waals surface area contributed by atoms with Crippen molar-refractivity contribution in [2.24, 2.45) is 4.99 Å². The van der Waals surface area contributed by atoms with Crippen molar-refractivity contribution in [3.63, 3.8) is 0 Å². The normalized spacial score (nSPS) is 20.4. The Labute approximate surface area is 205 Å². The number of anilines is 1. The molecule has 3 rings (SSSR count). The Morgan fingerprint density at radius 3 is 2.55 bits per heavy atom. The Balaban J connectivity index is 0.00000341. The van der Waals surface area contributed by atoms with E-state index in [0.717, 1.165) is 37.8 Å². The van der Waals surface area contributed by atoms with E-state index in [4.69, 9.17) is 4.74 Å². The smallest absolute Gasteiger partial charge is 0.191 e. The predicted octanol–water partition coefficient (Wildman–Crippen LogP) is 2.47. The quantitative estimate of drug-likeness (QED) is 0.216. The van der Waals surface area contributed by atoms with E-state index in [1.54, 1.807) is 7.11 Å². The van der Waals surface area contributed by atoms with Crippen LogP contribution in [0.2, 0.25) is 0 Å². The van der Waals surface area contributed by atoms with Gasteiger partial charge in [-0.05, 0) is 44.5 Å². The summed E-state index contributed by atoms with van der Waals surface area (Å²) >= 11 is 0. The van der Waals surface area contributed by atoms with Gasteiger partial charge in [0.25, 0.3) is 0 Å². The van der Waals surface area contributed by atoms with Crippen LogP contribution < -0.4 is 20.3 Å². The van der Waals surface area contributed by atoms with Crippen molar-refractivity contribution in [2.75, 3.05) is 78.0 Å². The van der Waals surface area contributed by atoms with Crippen molar-refractivity contribution >= 4 is 35.6 Å². The summed E-state index contributed by atoms with van der Waals surface area (Å²) in [7, 11) is 3.59. The first kappa shape index (κ1) is 26.0. The average Bonchev–Trinajstić information content (AvgIpc) is 3.26. The first-order valence-electron chi connectivity index (χ1n) is 11.5. The molecule has 7 nitrogen and oxygen atoms in total. The minimum Gasteiger partial charge on any atom is -0.495 e. The predicted molar refractivity (Wildman–Crippen MR) is 141 cm³/mol. The highest BCUT2D eigenvalue weighted by Gasteiger charge is 2.25. The SMILES string of the molecule is CCN1CCN(CCCCNC(=NC)NC2CCN(c3ccccc3OC)C2)CC1.I. The number of ether oxygens (including phenoxy) is 1. The van der Waals surface area contributed by atoms with Crippen LogP contribution in [-0.2, 0) is 0 Å². The van der Waals surface area contributed by atoms with E-state index < -0.39 is 0 Å². The van der Waals surface area contributed by atoms with Crippen LogP contribution in [0.25, 0.3) is 0 Å². The molecular formula is C23H41IN6O. The highest BCUT2D eigenvalue weighted by Crippen LogP contribution is 2.30. The number of unbranched alkanes of at least 4 members (excludes halogenated alkanes) is 1. The average molecular weight is 545 g/mol. The Morgan fingerprint density at radius 1 is 1.10 bits per heavy atom. The number of guanidine groups is 1. The van der Waals surface area contributed by atoms with E-state index in [-0.39, 0.29) is 24.0 Å². The summed E-state index contributed by atoms with van der Waals surface area (Å²) in [4.78, 5) is 11.9. The molecule has 1 atom stereocenters. The molecule has 2 N–H and O–H groups in total. The van der Waals surface area contributed by atoms with E-state index in [1.807, 2.05) is 19.2 Å². The van der Waals surface area contributed by atoms with Crippen LogP contribution in [0.5, 0.6) is 5.75 Å². The minimum absolute atomic E-state index is 0. The zero-order chi connectivity index (χ0) is 21.2. The second-order valence-corrected chi connectivity index (χ2v) is 8.23. The Bertz CT molecular complexity index is 665. The molecule has 8 heteroatoms. The van der Waals surface area contributed by atoms with Crippen molar-refractivity contribution in [3.8, 4) is 5.75 Å². The van der Waals surface area contributed by atoms with Crippen molar-refractivity contribution < 1.29 is 4.74 Å². The molecule has 0 aromatic heterocycles. The third-order valence-corrected chi connectivity index (χ3v) is 6.28. The maximum atomic E-state index is 5.52. The molecule has 0 aliphatic carbocycles. The third-order valence-electron chi connectivity index (χ3n) is 6.28.